The minimum Gasteiger partial charge on any atom is -0.491 e. The molecule has 0 N–H and O–H groups in total. The van der Waals surface area contributed by atoms with Gasteiger partial charge in [0, 0.05) is 5.33 Å². The molecule has 0 amide bonds. The van der Waals surface area contributed by atoms with Gasteiger partial charge in [0.2, 0.25) is 0 Å². The van der Waals surface area contributed by atoms with Crippen molar-refractivity contribution in [3.05, 3.63) is 29.3 Å². The Kier molecular flexibility index (Phi) is 8.38. The largest absolute Gasteiger partial charge is 0.491 e. The molecule has 0 aliphatic heterocycles. The molecule has 0 radical (unpaired) electrons. The van der Waals surface area contributed by atoms with Crippen LogP contribution in [0.15, 0.2) is 18.2 Å². The summed E-state index contributed by atoms with van der Waals surface area (Å²) in [5.41, 5.74) is 2.18. The van der Waals surface area contributed by atoms with Gasteiger partial charge in [-0.25, -0.2) is 4.39 Å². The van der Waals surface area contributed by atoms with Crippen LogP contribution in [-0.4, -0.2) is 13.3 Å². The maximum atomic E-state index is 11.9. The van der Waals surface area contributed by atoms with E-state index >= 15 is 0 Å². The Balaban J connectivity index is 0.000000921. The minimum atomic E-state index is -0.446. The molecule has 0 atom stereocenters. The molecule has 0 aromatic heterocycles. The first-order chi connectivity index (χ1) is 7.27. The van der Waals surface area contributed by atoms with E-state index in [0.29, 0.717) is 0 Å². The van der Waals surface area contributed by atoms with Gasteiger partial charge in [-0.15, -0.1) is 0 Å². The summed E-state index contributed by atoms with van der Waals surface area (Å²) in [6.45, 7) is 5.64. The third-order valence-corrected chi connectivity index (χ3v) is 2.39. The molecule has 0 fully saturated rings. The van der Waals surface area contributed by atoms with Crippen LogP contribution in [0, 0.1) is 6.92 Å². The fraction of sp³-hybridized carbons (Fsp3) is 0.500. The van der Waals surface area contributed by atoms with Crippen molar-refractivity contribution >= 4 is 15.9 Å². The van der Waals surface area contributed by atoms with Gasteiger partial charge in [-0.2, -0.15) is 0 Å². The molecular weight excluding hydrogens is 259 g/mol. The van der Waals surface area contributed by atoms with E-state index in [1.165, 1.54) is 0 Å². The third kappa shape index (κ3) is 5.17. The van der Waals surface area contributed by atoms with Crippen LogP contribution in [0.1, 0.15) is 25.0 Å². The van der Waals surface area contributed by atoms with Gasteiger partial charge in [0.05, 0.1) is 0 Å². The quantitative estimate of drug-likeness (QED) is 0.747. The van der Waals surface area contributed by atoms with Gasteiger partial charge >= 0.3 is 0 Å². The van der Waals surface area contributed by atoms with E-state index in [2.05, 4.69) is 15.9 Å². The summed E-state index contributed by atoms with van der Waals surface area (Å²) < 4.78 is 17.1. The third-order valence-electron chi connectivity index (χ3n) is 1.74. The van der Waals surface area contributed by atoms with Crippen LogP contribution >= 0.6 is 15.9 Å². The van der Waals surface area contributed by atoms with Crippen LogP contribution in [0.25, 0.3) is 0 Å². The SMILES string of the molecule is CC.Cc1ccc(CBr)cc1OCCF. The van der Waals surface area contributed by atoms with Crippen molar-refractivity contribution in [2.75, 3.05) is 13.3 Å². The number of rotatable bonds is 4. The first kappa shape index (κ1) is 14.4. The number of hydrogen-bond acceptors (Lipinski definition) is 1. The van der Waals surface area contributed by atoms with E-state index in [1.807, 2.05) is 39.0 Å². The topological polar surface area (TPSA) is 9.23 Å². The summed E-state index contributed by atoms with van der Waals surface area (Å²) in [4.78, 5) is 0. The smallest absolute Gasteiger partial charge is 0.123 e. The second-order valence-corrected chi connectivity index (χ2v) is 3.33. The van der Waals surface area contributed by atoms with Crippen LogP contribution in [0.3, 0.4) is 0 Å². The number of aryl methyl sites for hydroxylation is 1. The first-order valence-electron chi connectivity index (χ1n) is 5.12. The summed E-state index contributed by atoms with van der Waals surface area (Å²) in [6.07, 6.45) is 0. The van der Waals surface area contributed by atoms with E-state index in [1.54, 1.807) is 0 Å². The average molecular weight is 277 g/mol. The summed E-state index contributed by atoms with van der Waals surface area (Å²) in [6, 6.07) is 5.93. The lowest BCUT2D eigenvalue weighted by atomic mass is 10.1. The van der Waals surface area contributed by atoms with E-state index in [-0.39, 0.29) is 6.61 Å². The zero-order valence-corrected chi connectivity index (χ0v) is 11.1. The highest BCUT2D eigenvalue weighted by atomic mass is 79.9. The zero-order valence-electron chi connectivity index (χ0n) is 9.52. The molecule has 0 heterocycles. The summed E-state index contributed by atoms with van der Waals surface area (Å²) in [7, 11) is 0. The molecule has 0 saturated carbocycles. The molecule has 0 bridgehead atoms. The summed E-state index contributed by atoms with van der Waals surface area (Å²) in [5.74, 6) is 0.773. The highest BCUT2D eigenvalue weighted by Gasteiger charge is 2.00. The molecule has 0 unspecified atom stereocenters. The molecule has 15 heavy (non-hydrogen) atoms. The molecule has 1 aromatic carbocycles. The summed E-state index contributed by atoms with van der Waals surface area (Å²) >= 11 is 3.35. The van der Waals surface area contributed by atoms with Crippen molar-refractivity contribution in [2.45, 2.75) is 26.1 Å². The second-order valence-electron chi connectivity index (χ2n) is 2.77. The predicted molar refractivity (Wildman–Crippen MR) is 66.6 cm³/mol. The highest BCUT2D eigenvalue weighted by Crippen LogP contribution is 2.20. The lowest BCUT2D eigenvalue weighted by Gasteiger charge is -2.08. The lowest BCUT2D eigenvalue weighted by molar-refractivity contribution is 0.271. The van der Waals surface area contributed by atoms with Crippen LogP contribution in [0.2, 0.25) is 0 Å². The Morgan fingerprint density at radius 2 is 2.00 bits per heavy atom. The second kappa shape index (κ2) is 8.72. The molecule has 0 saturated heterocycles. The maximum Gasteiger partial charge on any atom is 0.123 e. The van der Waals surface area contributed by atoms with E-state index in [9.17, 15) is 4.39 Å². The van der Waals surface area contributed by atoms with Crippen molar-refractivity contribution < 1.29 is 9.13 Å². The Labute approximate surface area is 99.8 Å². The average Bonchev–Trinajstić information content (AvgIpc) is 2.31. The molecule has 86 valence electrons. The van der Waals surface area contributed by atoms with Gasteiger partial charge < -0.3 is 4.74 Å². The van der Waals surface area contributed by atoms with Crippen LogP contribution in [0.4, 0.5) is 4.39 Å². The van der Waals surface area contributed by atoms with Gasteiger partial charge in [0.15, 0.2) is 0 Å². The zero-order chi connectivity index (χ0) is 11.7. The Morgan fingerprint density at radius 3 is 2.53 bits per heavy atom. The molecule has 1 nitrogen and oxygen atoms in total. The van der Waals surface area contributed by atoms with Gasteiger partial charge in [-0.1, -0.05) is 41.9 Å². The fourth-order valence-corrected chi connectivity index (χ4v) is 1.38. The van der Waals surface area contributed by atoms with Gasteiger partial charge in [0.1, 0.15) is 19.0 Å². The molecule has 0 aliphatic rings. The van der Waals surface area contributed by atoms with E-state index < -0.39 is 6.67 Å². The Bertz CT molecular complexity index is 276. The monoisotopic (exact) mass is 276 g/mol. The Morgan fingerprint density at radius 1 is 1.33 bits per heavy atom. The van der Waals surface area contributed by atoms with Crippen molar-refractivity contribution in [3.63, 3.8) is 0 Å². The predicted octanol–water partition coefficient (Wildman–Crippen LogP) is 4.26. The number of halogens is 2. The first-order valence-corrected chi connectivity index (χ1v) is 6.24. The number of alkyl halides is 2. The van der Waals surface area contributed by atoms with E-state index in [4.69, 9.17) is 4.74 Å². The van der Waals surface area contributed by atoms with E-state index in [0.717, 1.165) is 22.2 Å². The van der Waals surface area contributed by atoms with Gasteiger partial charge in [-0.05, 0) is 24.1 Å². The molecule has 1 aromatic rings. The summed E-state index contributed by atoms with van der Waals surface area (Å²) in [5, 5.41) is 0.791. The van der Waals surface area contributed by atoms with Crippen molar-refractivity contribution in [1.29, 1.82) is 0 Å². The number of benzene rings is 1. The fourth-order valence-electron chi connectivity index (χ4n) is 1.03. The lowest BCUT2D eigenvalue weighted by Crippen LogP contribution is -2.00. The van der Waals surface area contributed by atoms with Crippen molar-refractivity contribution in [2.24, 2.45) is 0 Å². The van der Waals surface area contributed by atoms with Gasteiger partial charge in [-0.3, -0.25) is 0 Å². The van der Waals surface area contributed by atoms with Crippen LogP contribution in [0.5, 0.6) is 5.75 Å². The van der Waals surface area contributed by atoms with Gasteiger partial charge in [0.25, 0.3) is 0 Å². The van der Waals surface area contributed by atoms with Crippen molar-refractivity contribution in [1.82, 2.24) is 0 Å². The minimum absolute atomic E-state index is 0.132. The Hall–Kier alpha value is -0.570. The molecule has 0 spiro atoms. The molecule has 1 rings (SSSR count). The molecular formula is C12H18BrFO. The highest BCUT2D eigenvalue weighted by molar-refractivity contribution is 9.08. The van der Waals surface area contributed by atoms with Crippen molar-refractivity contribution in [3.8, 4) is 5.75 Å². The maximum absolute atomic E-state index is 11.9. The normalized spacial score (nSPS) is 9.13. The number of hydrogen-bond donors (Lipinski definition) is 0. The number of ether oxygens (including phenoxy) is 1. The van der Waals surface area contributed by atoms with Crippen LogP contribution in [-0.2, 0) is 5.33 Å². The standard InChI is InChI=1S/C10H12BrFO.C2H6/c1-8-2-3-9(7-11)6-10(8)13-5-4-12;1-2/h2-3,6H,4-5,7H2,1H3;1-2H3. The molecule has 3 heteroatoms. The molecule has 0 aliphatic carbocycles. The van der Waals surface area contributed by atoms with Crippen LogP contribution < -0.4 is 4.74 Å².